The lowest BCUT2D eigenvalue weighted by molar-refractivity contribution is 0.0628. The number of hydrogen-bond donors (Lipinski definition) is 0. The quantitative estimate of drug-likeness (QED) is 0.695. The van der Waals surface area contributed by atoms with Crippen LogP contribution < -0.4 is 0 Å². The van der Waals surface area contributed by atoms with Crippen molar-refractivity contribution in [2.24, 2.45) is 0 Å². The Morgan fingerprint density at radius 3 is 2.62 bits per heavy atom. The van der Waals surface area contributed by atoms with Crippen LogP contribution in [-0.4, -0.2) is 63.0 Å². The van der Waals surface area contributed by atoms with Gasteiger partial charge in [0.15, 0.2) is 0 Å². The maximum atomic E-state index is 12.7. The second kappa shape index (κ2) is 7.80. The molecule has 0 N–H and O–H groups in total. The summed E-state index contributed by atoms with van der Waals surface area (Å²) >= 11 is 1.52. The monoisotopic (exact) mass is 367 g/mol. The van der Waals surface area contributed by atoms with Crippen molar-refractivity contribution in [1.82, 2.24) is 24.3 Å². The normalized spacial score (nSPS) is 15.3. The molecule has 0 unspecified atom stereocenters. The highest BCUT2D eigenvalue weighted by Crippen LogP contribution is 2.24. The molecular weight excluding hydrogens is 346 g/mol. The first kappa shape index (κ1) is 16.9. The second-order valence-corrected chi connectivity index (χ2v) is 7.20. The summed E-state index contributed by atoms with van der Waals surface area (Å²) in [5.41, 5.74) is 1.61. The predicted molar refractivity (Wildman–Crippen MR) is 102 cm³/mol. The molecule has 1 aliphatic rings. The Labute approximate surface area is 156 Å². The third-order valence-electron chi connectivity index (χ3n) is 4.64. The zero-order chi connectivity index (χ0) is 17.8. The summed E-state index contributed by atoms with van der Waals surface area (Å²) in [6.07, 6.45) is 5.62. The van der Waals surface area contributed by atoms with Crippen LogP contribution in [0.15, 0.2) is 54.4 Å². The average Bonchev–Trinajstić information content (AvgIpc) is 3.39. The summed E-state index contributed by atoms with van der Waals surface area (Å²) in [5, 5.41) is 2.77. The molecule has 3 aromatic rings. The third-order valence-corrected chi connectivity index (χ3v) is 5.53. The molecule has 0 saturated carbocycles. The molecule has 1 aromatic carbocycles. The number of amides is 1. The standard InChI is InChI=1S/C19H21N5OS/c25-19(17-14-26-18(21-17)16-4-2-1-3-5-16)24-12-10-22(11-13-24)8-9-23-7-6-20-15-23/h1-7,14-15H,8-13H2. The largest absolute Gasteiger partial charge is 0.336 e. The molecule has 2 aromatic heterocycles. The molecule has 4 rings (SSSR count). The van der Waals surface area contributed by atoms with Gasteiger partial charge in [-0.3, -0.25) is 9.69 Å². The minimum Gasteiger partial charge on any atom is -0.336 e. The van der Waals surface area contributed by atoms with Crippen LogP contribution in [0.4, 0.5) is 0 Å². The van der Waals surface area contributed by atoms with E-state index in [1.54, 1.807) is 6.20 Å². The Morgan fingerprint density at radius 1 is 1.08 bits per heavy atom. The van der Waals surface area contributed by atoms with Crippen LogP contribution in [0.25, 0.3) is 10.6 Å². The zero-order valence-electron chi connectivity index (χ0n) is 14.5. The molecule has 134 valence electrons. The molecular formula is C19H21N5OS. The third kappa shape index (κ3) is 3.84. The van der Waals surface area contributed by atoms with Crippen molar-refractivity contribution >= 4 is 17.2 Å². The highest BCUT2D eigenvalue weighted by atomic mass is 32.1. The van der Waals surface area contributed by atoms with Gasteiger partial charge in [0, 0.05) is 62.6 Å². The van der Waals surface area contributed by atoms with E-state index in [0.717, 1.165) is 49.8 Å². The van der Waals surface area contributed by atoms with Crippen LogP contribution in [0.1, 0.15) is 10.5 Å². The fourth-order valence-corrected chi connectivity index (χ4v) is 3.90. The fraction of sp³-hybridized carbons (Fsp3) is 0.316. The van der Waals surface area contributed by atoms with Crippen LogP contribution in [0, 0.1) is 0 Å². The lowest BCUT2D eigenvalue weighted by Crippen LogP contribution is -2.49. The molecule has 1 aliphatic heterocycles. The van der Waals surface area contributed by atoms with E-state index >= 15 is 0 Å². The van der Waals surface area contributed by atoms with E-state index in [-0.39, 0.29) is 5.91 Å². The molecule has 1 saturated heterocycles. The number of nitrogens with zero attached hydrogens (tertiary/aromatic N) is 5. The molecule has 0 bridgehead atoms. The van der Waals surface area contributed by atoms with Gasteiger partial charge in [0.2, 0.25) is 0 Å². The Balaban J connectivity index is 1.31. The van der Waals surface area contributed by atoms with Gasteiger partial charge in [0.1, 0.15) is 10.7 Å². The molecule has 26 heavy (non-hydrogen) atoms. The number of carbonyl (C=O) groups is 1. The van der Waals surface area contributed by atoms with Crippen LogP contribution >= 0.6 is 11.3 Å². The number of carbonyl (C=O) groups excluding carboxylic acids is 1. The van der Waals surface area contributed by atoms with Crippen LogP contribution in [-0.2, 0) is 6.54 Å². The van der Waals surface area contributed by atoms with Crippen molar-refractivity contribution in [3.05, 3.63) is 60.1 Å². The Morgan fingerprint density at radius 2 is 1.88 bits per heavy atom. The van der Waals surface area contributed by atoms with E-state index in [9.17, 15) is 4.79 Å². The van der Waals surface area contributed by atoms with E-state index in [4.69, 9.17) is 0 Å². The molecule has 0 spiro atoms. The van der Waals surface area contributed by atoms with Crippen LogP contribution in [0.3, 0.4) is 0 Å². The van der Waals surface area contributed by atoms with Crippen molar-refractivity contribution in [3.8, 4) is 10.6 Å². The number of rotatable bonds is 5. The summed E-state index contributed by atoms with van der Waals surface area (Å²) in [5.74, 6) is 0.0395. The number of benzene rings is 1. The maximum Gasteiger partial charge on any atom is 0.273 e. The lowest BCUT2D eigenvalue weighted by Gasteiger charge is -2.34. The summed E-state index contributed by atoms with van der Waals surface area (Å²) in [6.45, 7) is 5.21. The molecule has 0 aliphatic carbocycles. The smallest absolute Gasteiger partial charge is 0.273 e. The highest BCUT2D eigenvalue weighted by Gasteiger charge is 2.23. The number of hydrogen-bond acceptors (Lipinski definition) is 5. The second-order valence-electron chi connectivity index (χ2n) is 6.34. The number of imidazole rings is 1. The maximum absolute atomic E-state index is 12.7. The van der Waals surface area contributed by atoms with Crippen molar-refractivity contribution in [3.63, 3.8) is 0 Å². The Bertz CT molecular complexity index is 838. The summed E-state index contributed by atoms with van der Waals surface area (Å²) in [4.78, 5) is 25.7. The van der Waals surface area contributed by atoms with Crippen molar-refractivity contribution in [2.45, 2.75) is 6.54 Å². The summed E-state index contributed by atoms with van der Waals surface area (Å²) in [7, 11) is 0. The van der Waals surface area contributed by atoms with Gasteiger partial charge < -0.3 is 9.47 Å². The predicted octanol–water partition coefficient (Wildman–Crippen LogP) is 2.46. The summed E-state index contributed by atoms with van der Waals surface area (Å²) < 4.78 is 2.08. The Kier molecular flexibility index (Phi) is 5.08. The zero-order valence-corrected chi connectivity index (χ0v) is 15.3. The minimum atomic E-state index is 0.0395. The van der Waals surface area contributed by atoms with Gasteiger partial charge in [0.25, 0.3) is 5.91 Å². The van der Waals surface area contributed by atoms with Crippen LogP contribution in [0.2, 0.25) is 0 Å². The first-order chi connectivity index (χ1) is 12.8. The van der Waals surface area contributed by atoms with Gasteiger partial charge in [-0.25, -0.2) is 9.97 Å². The van der Waals surface area contributed by atoms with Gasteiger partial charge in [0.05, 0.1) is 6.33 Å². The van der Waals surface area contributed by atoms with Gasteiger partial charge in [-0.15, -0.1) is 11.3 Å². The first-order valence-corrected chi connectivity index (χ1v) is 9.66. The lowest BCUT2D eigenvalue weighted by atomic mass is 10.2. The molecule has 1 amide bonds. The van der Waals surface area contributed by atoms with Gasteiger partial charge in [-0.1, -0.05) is 30.3 Å². The molecule has 6 nitrogen and oxygen atoms in total. The Hall–Kier alpha value is -2.51. The number of piperazine rings is 1. The fourth-order valence-electron chi connectivity index (χ4n) is 3.10. The highest BCUT2D eigenvalue weighted by molar-refractivity contribution is 7.13. The van der Waals surface area contributed by atoms with Crippen molar-refractivity contribution < 1.29 is 4.79 Å². The van der Waals surface area contributed by atoms with E-state index in [2.05, 4.69) is 19.4 Å². The molecule has 0 atom stereocenters. The van der Waals surface area contributed by atoms with E-state index < -0.39 is 0 Å². The van der Waals surface area contributed by atoms with Gasteiger partial charge in [-0.2, -0.15) is 0 Å². The molecule has 3 heterocycles. The number of thiazole rings is 1. The minimum absolute atomic E-state index is 0.0395. The van der Waals surface area contributed by atoms with Crippen LogP contribution in [0.5, 0.6) is 0 Å². The molecule has 1 fully saturated rings. The molecule has 0 radical (unpaired) electrons. The van der Waals surface area contributed by atoms with E-state index in [0.29, 0.717) is 5.69 Å². The molecule has 7 heteroatoms. The first-order valence-electron chi connectivity index (χ1n) is 8.78. The van der Waals surface area contributed by atoms with E-state index in [1.165, 1.54) is 11.3 Å². The topological polar surface area (TPSA) is 54.3 Å². The summed E-state index contributed by atoms with van der Waals surface area (Å²) in [6, 6.07) is 10.00. The average molecular weight is 367 g/mol. The van der Waals surface area contributed by atoms with Gasteiger partial charge in [-0.05, 0) is 0 Å². The van der Waals surface area contributed by atoms with Gasteiger partial charge >= 0.3 is 0 Å². The number of aromatic nitrogens is 3. The van der Waals surface area contributed by atoms with E-state index in [1.807, 2.05) is 53.1 Å². The SMILES string of the molecule is O=C(c1csc(-c2ccccc2)n1)N1CCN(CCn2ccnc2)CC1. The van der Waals surface area contributed by atoms with Crippen molar-refractivity contribution in [1.29, 1.82) is 0 Å². The van der Waals surface area contributed by atoms with Crippen molar-refractivity contribution in [2.75, 3.05) is 32.7 Å².